The second-order valence-corrected chi connectivity index (χ2v) is 8.12. The van der Waals surface area contributed by atoms with Gasteiger partial charge in [-0.15, -0.1) is 11.3 Å². The molecule has 1 unspecified atom stereocenters. The van der Waals surface area contributed by atoms with Crippen LogP contribution in [0.25, 0.3) is 5.13 Å². The van der Waals surface area contributed by atoms with Crippen molar-refractivity contribution < 1.29 is 9.59 Å². The molecule has 3 aromatic rings. The van der Waals surface area contributed by atoms with Crippen LogP contribution in [0, 0.1) is 19.8 Å². The average molecular weight is 410 g/mol. The maximum absolute atomic E-state index is 12.5. The van der Waals surface area contributed by atoms with Gasteiger partial charge in [0.15, 0.2) is 0 Å². The van der Waals surface area contributed by atoms with Crippen LogP contribution in [-0.4, -0.2) is 39.7 Å². The summed E-state index contributed by atoms with van der Waals surface area (Å²) in [6, 6.07) is 7.81. The Hall–Kier alpha value is -3.00. The first-order valence-electron chi connectivity index (χ1n) is 9.61. The van der Waals surface area contributed by atoms with Gasteiger partial charge in [-0.2, -0.15) is 5.10 Å². The molecule has 1 aromatic carbocycles. The van der Waals surface area contributed by atoms with E-state index < -0.39 is 0 Å². The Balaban J connectivity index is 1.30. The summed E-state index contributed by atoms with van der Waals surface area (Å²) in [4.78, 5) is 31.2. The van der Waals surface area contributed by atoms with Crippen LogP contribution in [-0.2, 0) is 16.0 Å². The third-order valence-electron chi connectivity index (χ3n) is 5.22. The maximum Gasteiger partial charge on any atom is 0.227 e. The van der Waals surface area contributed by atoms with E-state index in [1.807, 2.05) is 49.7 Å². The van der Waals surface area contributed by atoms with Gasteiger partial charge in [-0.25, -0.2) is 9.67 Å². The van der Waals surface area contributed by atoms with Crippen LogP contribution in [0.15, 0.2) is 42.0 Å². The van der Waals surface area contributed by atoms with Crippen molar-refractivity contribution in [2.75, 3.05) is 18.0 Å². The van der Waals surface area contributed by atoms with Crippen LogP contribution in [0.3, 0.4) is 0 Å². The number of aryl methyl sites for hydroxylation is 2. The van der Waals surface area contributed by atoms with Crippen molar-refractivity contribution in [3.8, 4) is 5.13 Å². The number of hydrogen-bond donors (Lipinski definition) is 1. The number of benzene rings is 1. The standard InChI is InChI=1S/C21H23N5O2S/c1-14-4-5-18(10-15(14)2)25-12-16(11-19(25)27)20(28)22-8-6-17-13-29-21(24-17)26-9-3-7-23-26/h3-5,7,9-10,13,16H,6,8,11-12H2,1-2H3,(H,22,28). The van der Waals surface area contributed by atoms with Crippen molar-refractivity contribution >= 4 is 28.8 Å². The number of nitrogens with zero attached hydrogens (tertiary/aromatic N) is 4. The predicted molar refractivity (Wildman–Crippen MR) is 112 cm³/mol. The van der Waals surface area contributed by atoms with Crippen LogP contribution < -0.4 is 10.2 Å². The third-order valence-corrected chi connectivity index (χ3v) is 6.10. The summed E-state index contributed by atoms with van der Waals surface area (Å²) in [7, 11) is 0. The Kier molecular flexibility index (Phi) is 5.44. The zero-order chi connectivity index (χ0) is 20.4. The Morgan fingerprint density at radius 3 is 2.93 bits per heavy atom. The summed E-state index contributed by atoms with van der Waals surface area (Å²) in [5.74, 6) is -0.400. The van der Waals surface area contributed by atoms with Crippen molar-refractivity contribution in [3.05, 3.63) is 58.9 Å². The van der Waals surface area contributed by atoms with Crippen molar-refractivity contribution in [3.63, 3.8) is 0 Å². The van der Waals surface area contributed by atoms with Gasteiger partial charge in [-0.1, -0.05) is 6.07 Å². The SMILES string of the molecule is Cc1ccc(N2CC(C(=O)NCCc3csc(-n4cccn4)n3)CC2=O)cc1C. The smallest absolute Gasteiger partial charge is 0.227 e. The number of aromatic nitrogens is 3. The molecule has 0 bridgehead atoms. The van der Waals surface area contributed by atoms with E-state index in [9.17, 15) is 9.59 Å². The van der Waals surface area contributed by atoms with Crippen molar-refractivity contribution in [1.29, 1.82) is 0 Å². The van der Waals surface area contributed by atoms with Gasteiger partial charge in [0.2, 0.25) is 16.9 Å². The molecule has 2 amide bonds. The molecule has 0 saturated carbocycles. The molecule has 1 fully saturated rings. The fourth-order valence-electron chi connectivity index (χ4n) is 3.38. The minimum absolute atomic E-state index is 0.00299. The number of hydrogen-bond acceptors (Lipinski definition) is 5. The second kappa shape index (κ2) is 8.16. The van der Waals surface area contributed by atoms with Gasteiger partial charge in [0, 0.05) is 49.4 Å². The zero-order valence-corrected chi connectivity index (χ0v) is 17.3. The van der Waals surface area contributed by atoms with E-state index >= 15 is 0 Å². The lowest BCUT2D eigenvalue weighted by Gasteiger charge is -2.18. The quantitative estimate of drug-likeness (QED) is 0.679. The van der Waals surface area contributed by atoms with E-state index in [2.05, 4.69) is 15.4 Å². The lowest BCUT2D eigenvalue weighted by molar-refractivity contribution is -0.126. The molecule has 1 atom stereocenters. The first-order chi connectivity index (χ1) is 14.0. The topological polar surface area (TPSA) is 80.1 Å². The number of rotatable bonds is 6. The van der Waals surface area contributed by atoms with Gasteiger partial charge in [0.25, 0.3) is 0 Å². The molecule has 1 N–H and O–H groups in total. The number of amides is 2. The summed E-state index contributed by atoms with van der Waals surface area (Å²) < 4.78 is 1.72. The van der Waals surface area contributed by atoms with E-state index in [1.54, 1.807) is 15.8 Å². The normalized spacial score (nSPS) is 16.4. The van der Waals surface area contributed by atoms with Crippen LogP contribution in [0.2, 0.25) is 0 Å². The number of thiazole rings is 1. The highest BCUT2D eigenvalue weighted by Crippen LogP contribution is 2.27. The van der Waals surface area contributed by atoms with E-state index in [4.69, 9.17) is 0 Å². The lowest BCUT2D eigenvalue weighted by Crippen LogP contribution is -2.34. The monoisotopic (exact) mass is 409 g/mol. The molecule has 1 aliphatic rings. The van der Waals surface area contributed by atoms with Crippen molar-refractivity contribution in [2.24, 2.45) is 5.92 Å². The largest absolute Gasteiger partial charge is 0.355 e. The van der Waals surface area contributed by atoms with Gasteiger partial charge in [-0.3, -0.25) is 9.59 Å². The molecule has 0 radical (unpaired) electrons. The van der Waals surface area contributed by atoms with Gasteiger partial charge < -0.3 is 10.2 Å². The molecule has 8 heteroatoms. The van der Waals surface area contributed by atoms with Crippen LogP contribution in [0.4, 0.5) is 5.69 Å². The van der Waals surface area contributed by atoms with E-state index in [1.165, 1.54) is 16.9 Å². The Morgan fingerprint density at radius 2 is 2.17 bits per heavy atom. The summed E-state index contributed by atoms with van der Waals surface area (Å²) in [6.07, 6.45) is 4.46. The summed E-state index contributed by atoms with van der Waals surface area (Å²) in [6.45, 7) is 4.99. The number of anilines is 1. The molecule has 7 nitrogen and oxygen atoms in total. The molecule has 0 aliphatic carbocycles. The second-order valence-electron chi connectivity index (χ2n) is 7.29. The Labute approximate surface area is 173 Å². The third kappa shape index (κ3) is 4.22. The van der Waals surface area contributed by atoms with Crippen molar-refractivity contribution in [2.45, 2.75) is 26.7 Å². The van der Waals surface area contributed by atoms with Gasteiger partial charge >= 0.3 is 0 Å². The Bertz CT molecular complexity index is 1030. The number of nitrogens with one attached hydrogen (secondary N) is 1. The van der Waals surface area contributed by atoms with Gasteiger partial charge in [0.05, 0.1) is 11.6 Å². The van der Waals surface area contributed by atoms with Crippen LogP contribution >= 0.6 is 11.3 Å². The summed E-state index contributed by atoms with van der Waals surface area (Å²) >= 11 is 1.52. The summed E-state index contributed by atoms with van der Waals surface area (Å²) in [5, 5.41) is 9.91. The molecule has 1 aliphatic heterocycles. The molecule has 2 aromatic heterocycles. The van der Waals surface area contributed by atoms with Crippen LogP contribution in [0.1, 0.15) is 23.2 Å². The Morgan fingerprint density at radius 1 is 1.31 bits per heavy atom. The highest BCUT2D eigenvalue weighted by atomic mass is 32.1. The fraction of sp³-hybridized carbons (Fsp3) is 0.333. The molecule has 1 saturated heterocycles. The van der Waals surface area contributed by atoms with E-state index in [-0.39, 0.29) is 24.2 Å². The highest BCUT2D eigenvalue weighted by Gasteiger charge is 2.35. The average Bonchev–Trinajstić information content (AvgIpc) is 3.44. The molecule has 29 heavy (non-hydrogen) atoms. The fourth-order valence-corrected chi connectivity index (χ4v) is 4.18. The van der Waals surface area contributed by atoms with Crippen LogP contribution in [0.5, 0.6) is 0 Å². The zero-order valence-electron chi connectivity index (χ0n) is 16.5. The van der Waals surface area contributed by atoms with Gasteiger partial charge in [0.1, 0.15) is 0 Å². The van der Waals surface area contributed by atoms with E-state index in [0.717, 1.165) is 22.1 Å². The lowest BCUT2D eigenvalue weighted by atomic mass is 10.1. The molecule has 3 heterocycles. The molecule has 150 valence electrons. The molecule has 0 spiro atoms. The minimum atomic E-state index is -0.320. The molecular formula is C21H23N5O2S. The first-order valence-corrected chi connectivity index (χ1v) is 10.5. The van der Waals surface area contributed by atoms with E-state index in [0.29, 0.717) is 19.5 Å². The molecular weight excluding hydrogens is 386 g/mol. The van der Waals surface area contributed by atoms with Crippen molar-refractivity contribution in [1.82, 2.24) is 20.1 Å². The van der Waals surface area contributed by atoms with Gasteiger partial charge in [-0.05, 0) is 43.2 Å². The summed E-state index contributed by atoms with van der Waals surface area (Å²) in [5.41, 5.74) is 4.11. The number of carbonyl (C=O) groups is 2. The first kappa shape index (κ1) is 19.3. The number of carbonyl (C=O) groups excluding carboxylic acids is 2. The minimum Gasteiger partial charge on any atom is -0.355 e. The predicted octanol–water partition coefficient (Wildman–Crippen LogP) is 2.66. The highest BCUT2D eigenvalue weighted by molar-refractivity contribution is 7.12. The molecule has 4 rings (SSSR count). The maximum atomic E-state index is 12.5.